The molecule has 106 valence electrons. The highest BCUT2D eigenvalue weighted by Gasteiger charge is 2.17. The summed E-state index contributed by atoms with van der Waals surface area (Å²) in [5.74, 6) is 0.514. The summed E-state index contributed by atoms with van der Waals surface area (Å²) >= 11 is 5.93. The first-order chi connectivity index (χ1) is 10.1. The quantitative estimate of drug-likeness (QED) is 0.682. The molecule has 21 heavy (non-hydrogen) atoms. The minimum absolute atomic E-state index is 0.101. The normalized spacial score (nSPS) is 10.8. The van der Waals surface area contributed by atoms with Crippen LogP contribution in [-0.2, 0) is 7.05 Å². The lowest BCUT2D eigenvalue weighted by atomic mass is 10.1. The minimum atomic E-state index is -0.101. The van der Waals surface area contributed by atoms with Gasteiger partial charge in [-0.1, -0.05) is 48.0 Å². The van der Waals surface area contributed by atoms with E-state index in [1.165, 1.54) is 4.68 Å². The SMILES string of the molecule is Cc1c(-c2ccccc2)c(=O)n(-c2cccc(Cl)n2)n1C. The Kier molecular flexibility index (Phi) is 3.39. The number of rotatable bonds is 2. The largest absolute Gasteiger partial charge is 0.283 e. The van der Waals surface area contributed by atoms with Crippen molar-refractivity contribution in [2.75, 3.05) is 0 Å². The lowest BCUT2D eigenvalue weighted by Crippen LogP contribution is -2.21. The van der Waals surface area contributed by atoms with Gasteiger partial charge in [0.1, 0.15) is 5.15 Å². The zero-order valence-electron chi connectivity index (χ0n) is 11.7. The van der Waals surface area contributed by atoms with Gasteiger partial charge in [-0.15, -0.1) is 0 Å². The summed E-state index contributed by atoms with van der Waals surface area (Å²) < 4.78 is 3.33. The summed E-state index contributed by atoms with van der Waals surface area (Å²) in [5.41, 5.74) is 2.36. The van der Waals surface area contributed by atoms with Crippen molar-refractivity contribution in [3.63, 3.8) is 0 Å². The van der Waals surface area contributed by atoms with E-state index in [4.69, 9.17) is 11.6 Å². The molecule has 0 spiro atoms. The molecule has 4 nitrogen and oxygen atoms in total. The molecule has 1 aromatic carbocycles. The van der Waals surface area contributed by atoms with Gasteiger partial charge >= 0.3 is 0 Å². The first-order valence-corrected chi connectivity index (χ1v) is 6.94. The summed E-state index contributed by atoms with van der Waals surface area (Å²) in [5, 5.41) is 0.361. The van der Waals surface area contributed by atoms with E-state index >= 15 is 0 Å². The van der Waals surface area contributed by atoms with Gasteiger partial charge in [-0.2, -0.15) is 4.68 Å². The third-order valence-corrected chi connectivity index (χ3v) is 3.74. The Bertz CT molecular complexity index is 850. The number of halogens is 1. The molecule has 0 aliphatic carbocycles. The number of nitrogens with zero attached hydrogens (tertiary/aromatic N) is 3. The lowest BCUT2D eigenvalue weighted by Gasteiger charge is -2.07. The Morgan fingerprint density at radius 2 is 1.76 bits per heavy atom. The average Bonchev–Trinajstić information content (AvgIpc) is 2.70. The molecule has 0 radical (unpaired) electrons. The molecule has 0 N–H and O–H groups in total. The molecule has 0 amide bonds. The van der Waals surface area contributed by atoms with E-state index in [9.17, 15) is 4.79 Å². The molecule has 0 fully saturated rings. The molecule has 2 heterocycles. The highest BCUT2D eigenvalue weighted by molar-refractivity contribution is 6.29. The van der Waals surface area contributed by atoms with Gasteiger partial charge in [-0.25, -0.2) is 4.98 Å². The fourth-order valence-corrected chi connectivity index (χ4v) is 2.58. The smallest absolute Gasteiger partial charge is 0.280 e. The fourth-order valence-electron chi connectivity index (χ4n) is 2.42. The molecule has 0 saturated carbocycles. The minimum Gasteiger partial charge on any atom is -0.283 e. The topological polar surface area (TPSA) is 39.8 Å². The number of benzene rings is 1. The van der Waals surface area contributed by atoms with Crippen LogP contribution in [0, 0.1) is 6.92 Å². The zero-order valence-corrected chi connectivity index (χ0v) is 12.5. The molecule has 0 aliphatic heterocycles. The van der Waals surface area contributed by atoms with Gasteiger partial charge < -0.3 is 0 Å². The first kappa shape index (κ1) is 13.6. The predicted octanol–water partition coefficient (Wildman–Crippen LogP) is 3.20. The summed E-state index contributed by atoms with van der Waals surface area (Å²) in [6.45, 7) is 1.92. The lowest BCUT2D eigenvalue weighted by molar-refractivity contribution is 0.619. The van der Waals surface area contributed by atoms with Crippen LogP contribution in [0.25, 0.3) is 16.9 Å². The van der Waals surface area contributed by atoms with Crippen LogP contribution in [0.4, 0.5) is 0 Å². The Balaban J connectivity index is 2.28. The summed E-state index contributed by atoms with van der Waals surface area (Å²) in [4.78, 5) is 17.0. The van der Waals surface area contributed by atoms with Gasteiger partial charge in [0.15, 0.2) is 5.82 Å². The number of aromatic nitrogens is 3. The van der Waals surface area contributed by atoms with Gasteiger partial charge in [-0.3, -0.25) is 9.48 Å². The van der Waals surface area contributed by atoms with Gasteiger partial charge in [0.25, 0.3) is 5.56 Å². The van der Waals surface area contributed by atoms with Crippen molar-refractivity contribution in [3.8, 4) is 16.9 Å². The molecular formula is C16H14ClN3O. The number of hydrogen-bond acceptors (Lipinski definition) is 2. The molecule has 0 bridgehead atoms. The van der Waals surface area contributed by atoms with Crippen molar-refractivity contribution in [1.29, 1.82) is 0 Å². The van der Waals surface area contributed by atoms with E-state index in [0.717, 1.165) is 11.3 Å². The van der Waals surface area contributed by atoms with Crippen molar-refractivity contribution >= 4 is 11.6 Å². The van der Waals surface area contributed by atoms with E-state index < -0.39 is 0 Å². The van der Waals surface area contributed by atoms with Gasteiger partial charge in [0.05, 0.1) is 5.56 Å². The molecule has 3 rings (SSSR count). The Labute approximate surface area is 127 Å². The average molecular weight is 300 g/mol. The van der Waals surface area contributed by atoms with Crippen LogP contribution in [0.3, 0.4) is 0 Å². The van der Waals surface area contributed by atoms with Crippen LogP contribution in [0.15, 0.2) is 53.3 Å². The maximum atomic E-state index is 12.8. The molecule has 2 aromatic heterocycles. The summed E-state index contributed by atoms with van der Waals surface area (Å²) in [6.07, 6.45) is 0. The summed E-state index contributed by atoms with van der Waals surface area (Å²) in [6, 6.07) is 14.9. The van der Waals surface area contributed by atoms with E-state index in [1.54, 1.807) is 22.9 Å². The molecular weight excluding hydrogens is 286 g/mol. The monoisotopic (exact) mass is 299 g/mol. The van der Waals surface area contributed by atoms with Crippen LogP contribution in [-0.4, -0.2) is 14.3 Å². The molecule has 0 atom stereocenters. The van der Waals surface area contributed by atoms with Crippen molar-refractivity contribution in [2.24, 2.45) is 7.05 Å². The van der Waals surface area contributed by atoms with Crippen molar-refractivity contribution in [2.45, 2.75) is 6.92 Å². The standard InChI is InChI=1S/C16H14ClN3O/c1-11-15(12-7-4-3-5-8-12)16(21)20(19(11)2)14-10-6-9-13(17)18-14/h3-10H,1-2H3. The molecule has 0 saturated heterocycles. The molecule has 3 aromatic rings. The third-order valence-electron chi connectivity index (χ3n) is 3.53. The van der Waals surface area contributed by atoms with Crippen LogP contribution >= 0.6 is 11.6 Å². The highest BCUT2D eigenvalue weighted by atomic mass is 35.5. The van der Waals surface area contributed by atoms with Crippen LogP contribution in [0.1, 0.15) is 5.69 Å². The second-order valence-electron chi connectivity index (χ2n) is 4.79. The Hall–Kier alpha value is -2.33. The maximum Gasteiger partial charge on any atom is 0.280 e. The second kappa shape index (κ2) is 5.22. The highest BCUT2D eigenvalue weighted by Crippen LogP contribution is 2.21. The number of pyridine rings is 1. The van der Waals surface area contributed by atoms with Crippen molar-refractivity contribution in [3.05, 3.63) is 69.7 Å². The Morgan fingerprint density at radius 1 is 1.05 bits per heavy atom. The third kappa shape index (κ3) is 2.28. The molecule has 5 heteroatoms. The van der Waals surface area contributed by atoms with E-state index in [0.29, 0.717) is 16.5 Å². The van der Waals surface area contributed by atoms with Crippen molar-refractivity contribution < 1.29 is 0 Å². The van der Waals surface area contributed by atoms with Crippen LogP contribution < -0.4 is 5.56 Å². The van der Waals surface area contributed by atoms with Crippen LogP contribution in [0.2, 0.25) is 5.15 Å². The second-order valence-corrected chi connectivity index (χ2v) is 5.17. The van der Waals surface area contributed by atoms with Crippen LogP contribution in [0.5, 0.6) is 0 Å². The fraction of sp³-hybridized carbons (Fsp3) is 0.125. The van der Waals surface area contributed by atoms with Crippen molar-refractivity contribution in [1.82, 2.24) is 14.3 Å². The maximum absolute atomic E-state index is 12.8. The number of hydrogen-bond donors (Lipinski definition) is 0. The zero-order chi connectivity index (χ0) is 15.0. The van der Waals surface area contributed by atoms with E-state index in [2.05, 4.69) is 4.98 Å². The summed E-state index contributed by atoms with van der Waals surface area (Å²) in [7, 11) is 1.84. The van der Waals surface area contributed by atoms with Gasteiger partial charge in [-0.05, 0) is 24.6 Å². The molecule has 0 aliphatic rings. The van der Waals surface area contributed by atoms with E-state index in [1.807, 2.05) is 44.3 Å². The first-order valence-electron chi connectivity index (χ1n) is 6.56. The molecule has 0 unspecified atom stereocenters. The van der Waals surface area contributed by atoms with Gasteiger partial charge in [0, 0.05) is 12.7 Å². The predicted molar refractivity (Wildman–Crippen MR) is 84.0 cm³/mol. The Morgan fingerprint density at radius 3 is 2.43 bits per heavy atom. The van der Waals surface area contributed by atoms with E-state index in [-0.39, 0.29) is 5.56 Å². The van der Waals surface area contributed by atoms with Gasteiger partial charge in [0.2, 0.25) is 0 Å².